The summed E-state index contributed by atoms with van der Waals surface area (Å²) in [5.74, 6) is 0.855. The average molecular weight is 417 g/mol. The molecule has 4 nitrogen and oxygen atoms in total. The van der Waals surface area contributed by atoms with Crippen molar-refractivity contribution in [3.8, 4) is 0 Å². The normalized spacial score (nSPS) is 33.3. The van der Waals surface area contributed by atoms with E-state index < -0.39 is 5.82 Å². The molecule has 1 aromatic rings. The molecule has 4 rings (SSSR count). The molecule has 0 spiro atoms. The number of benzene rings is 1. The van der Waals surface area contributed by atoms with Gasteiger partial charge in [-0.2, -0.15) is 0 Å². The van der Waals surface area contributed by atoms with Crippen molar-refractivity contribution >= 4 is 29.9 Å². The second-order valence-electron chi connectivity index (χ2n) is 8.01. The first-order chi connectivity index (χ1) is 12.5. The molecule has 1 amide bonds. The minimum Gasteiger partial charge on any atom is -0.370 e. The van der Waals surface area contributed by atoms with Crippen molar-refractivity contribution < 1.29 is 13.9 Å². The van der Waals surface area contributed by atoms with Crippen LogP contribution in [0.2, 0.25) is 5.02 Å². The lowest BCUT2D eigenvalue weighted by atomic mass is 9.65. The summed E-state index contributed by atoms with van der Waals surface area (Å²) in [6.45, 7) is 1.60. The largest absolute Gasteiger partial charge is 0.370 e. The second kappa shape index (κ2) is 8.64. The van der Waals surface area contributed by atoms with Crippen LogP contribution in [0.1, 0.15) is 43.8 Å². The van der Waals surface area contributed by atoms with E-state index in [4.69, 9.17) is 22.1 Å². The molecule has 3 fully saturated rings. The van der Waals surface area contributed by atoms with Crippen molar-refractivity contribution in [2.75, 3.05) is 19.7 Å². The number of carbonyl (C=O) groups is 1. The summed E-state index contributed by atoms with van der Waals surface area (Å²) in [7, 11) is 0. The van der Waals surface area contributed by atoms with Crippen LogP contribution in [0.5, 0.6) is 0 Å². The van der Waals surface area contributed by atoms with E-state index in [0.717, 1.165) is 31.2 Å². The highest BCUT2D eigenvalue weighted by atomic mass is 35.5. The Morgan fingerprint density at radius 3 is 2.63 bits per heavy atom. The number of amides is 1. The first-order valence-electron chi connectivity index (χ1n) is 9.64. The van der Waals surface area contributed by atoms with Crippen molar-refractivity contribution in [1.82, 2.24) is 4.90 Å². The van der Waals surface area contributed by atoms with Gasteiger partial charge in [0, 0.05) is 18.5 Å². The van der Waals surface area contributed by atoms with Gasteiger partial charge >= 0.3 is 0 Å². The van der Waals surface area contributed by atoms with Gasteiger partial charge in [0.2, 0.25) is 5.91 Å². The van der Waals surface area contributed by atoms with Gasteiger partial charge in [0.05, 0.1) is 18.2 Å². The van der Waals surface area contributed by atoms with Crippen molar-refractivity contribution in [3.63, 3.8) is 0 Å². The molecular formula is C20H27Cl2FN2O2. The van der Waals surface area contributed by atoms with E-state index in [1.807, 2.05) is 4.90 Å². The van der Waals surface area contributed by atoms with Gasteiger partial charge in [-0.15, -0.1) is 12.4 Å². The van der Waals surface area contributed by atoms with Gasteiger partial charge in [-0.3, -0.25) is 4.79 Å². The van der Waals surface area contributed by atoms with Gasteiger partial charge in [0.25, 0.3) is 0 Å². The average Bonchev–Trinajstić information content (AvgIpc) is 2.63. The number of carbonyl (C=O) groups excluding carboxylic acids is 1. The van der Waals surface area contributed by atoms with Crippen LogP contribution in [-0.4, -0.2) is 36.5 Å². The highest BCUT2D eigenvalue weighted by molar-refractivity contribution is 6.30. The summed E-state index contributed by atoms with van der Waals surface area (Å²) in [6, 6.07) is 4.90. The van der Waals surface area contributed by atoms with Gasteiger partial charge in [-0.05, 0) is 55.2 Å². The standard InChI is InChI=1S/C20H26ClFN2O2.ClH/c21-16-10-12(4-5-17(16)22)18-11-24(6-7-26-18)20(25)15-8-13-2-1-3-14(9-15)19(13)23;/h4-5,10,13-15,18-19H,1-3,6-9,11,23H2;1H. The third-order valence-electron chi connectivity index (χ3n) is 6.46. The number of ether oxygens (including phenoxy) is 1. The van der Waals surface area contributed by atoms with Crippen LogP contribution in [0, 0.1) is 23.6 Å². The molecule has 2 N–H and O–H groups in total. The van der Waals surface area contributed by atoms with Gasteiger partial charge < -0.3 is 15.4 Å². The molecule has 3 unspecified atom stereocenters. The lowest BCUT2D eigenvalue weighted by Crippen LogP contribution is -2.51. The molecule has 1 aliphatic heterocycles. The SMILES string of the molecule is Cl.NC1C2CCCC1CC(C(=O)N1CCOC(c3ccc(F)c(Cl)c3)C1)C2. The number of halogens is 3. The number of nitrogens with zero attached hydrogens (tertiary/aromatic N) is 1. The Morgan fingerprint density at radius 2 is 1.96 bits per heavy atom. The summed E-state index contributed by atoms with van der Waals surface area (Å²) < 4.78 is 19.2. The van der Waals surface area contributed by atoms with E-state index in [-0.39, 0.29) is 41.4 Å². The van der Waals surface area contributed by atoms with Gasteiger partial charge in [0.15, 0.2) is 0 Å². The summed E-state index contributed by atoms with van der Waals surface area (Å²) in [5, 5.41) is 0.0867. The minimum atomic E-state index is -0.441. The first-order valence-corrected chi connectivity index (χ1v) is 10.0. The lowest BCUT2D eigenvalue weighted by molar-refractivity contribution is -0.146. The molecule has 0 radical (unpaired) electrons. The number of fused-ring (bicyclic) bond motifs is 2. The van der Waals surface area contributed by atoms with Crippen molar-refractivity contribution in [2.45, 2.75) is 44.2 Å². The van der Waals surface area contributed by atoms with E-state index in [1.165, 1.54) is 12.5 Å². The maximum absolute atomic E-state index is 13.4. The Kier molecular flexibility index (Phi) is 6.67. The van der Waals surface area contributed by atoms with Gasteiger partial charge in [-0.25, -0.2) is 4.39 Å². The Bertz CT molecular complexity index is 676. The van der Waals surface area contributed by atoms with Gasteiger partial charge in [-0.1, -0.05) is 24.1 Å². The molecule has 7 heteroatoms. The molecule has 2 aliphatic carbocycles. The topological polar surface area (TPSA) is 55.6 Å². The van der Waals surface area contributed by atoms with Crippen LogP contribution >= 0.6 is 24.0 Å². The quantitative estimate of drug-likeness (QED) is 0.793. The monoisotopic (exact) mass is 416 g/mol. The highest BCUT2D eigenvalue weighted by Gasteiger charge is 2.42. The van der Waals surface area contributed by atoms with Crippen molar-refractivity contribution in [2.24, 2.45) is 23.5 Å². The van der Waals surface area contributed by atoms with Crippen LogP contribution in [0.15, 0.2) is 18.2 Å². The molecule has 1 heterocycles. The smallest absolute Gasteiger partial charge is 0.225 e. The summed E-state index contributed by atoms with van der Waals surface area (Å²) in [6.07, 6.45) is 5.13. The molecule has 0 aromatic heterocycles. The van der Waals surface area contributed by atoms with E-state index >= 15 is 0 Å². The van der Waals surface area contributed by atoms with Crippen LogP contribution in [0.3, 0.4) is 0 Å². The molecule has 2 saturated carbocycles. The molecule has 3 atom stereocenters. The summed E-state index contributed by atoms with van der Waals surface area (Å²) in [4.78, 5) is 15.1. The molecule has 1 saturated heterocycles. The van der Waals surface area contributed by atoms with Crippen molar-refractivity contribution in [3.05, 3.63) is 34.6 Å². The maximum atomic E-state index is 13.4. The number of morpholine rings is 1. The predicted octanol–water partition coefficient (Wildman–Crippen LogP) is 3.95. The zero-order chi connectivity index (χ0) is 18.3. The zero-order valence-corrected chi connectivity index (χ0v) is 16.9. The fraction of sp³-hybridized carbons (Fsp3) is 0.650. The van der Waals surface area contributed by atoms with E-state index in [1.54, 1.807) is 12.1 Å². The number of nitrogens with two attached hydrogens (primary N) is 1. The number of hydrogen-bond acceptors (Lipinski definition) is 3. The Morgan fingerprint density at radius 1 is 1.26 bits per heavy atom. The molecule has 3 aliphatic rings. The van der Waals surface area contributed by atoms with E-state index in [2.05, 4.69) is 0 Å². The van der Waals surface area contributed by atoms with Crippen LogP contribution < -0.4 is 5.73 Å². The summed E-state index contributed by atoms with van der Waals surface area (Å²) in [5.41, 5.74) is 7.18. The van der Waals surface area contributed by atoms with E-state index in [0.29, 0.717) is 31.5 Å². The second-order valence-corrected chi connectivity index (χ2v) is 8.42. The molecular weight excluding hydrogens is 390 g/mol. The zero-order valence-electron chi connectivity index (χ0n) is 15.3. The predicted molar refractivity (Wildman–Crippen MR) is 105 cm³/mol. The van der Waals surface area contributed by atoms with Crippen LogP contribution in [0.4, 0.5) is 4.39 Å². The number of rotatable bonds is 2. The fourth-order valence-electron chi connectivity index (χ4n) is 5.01. The van der Waals surface area contributed by atoms with Gasteiger partial charge in [0.1, 0.15) is 11.9 Å². The first kappa shape index (κ1) is 20.8. The fourth-order valence-corrected chi connectivity index (χ4v) is 5.20. The number of hydrogen-bond donors (Lipinski definition) is 1. The lowest BCUT2D eigenvalue weighted by Gasteiger charge is -2.45. The van der Waals surface area contributed by atoms with Crippen LogP contribution in [0.25, 0.3) is 0 Å². The Balaban J connectivity index is 0.00000210. The minimum absolute atomic E-state index is 0. The summed E-state index contributed by atoms with van der Waals surface area (Å²) >= 11 is 5.90. The molecule has 27 heavy (non-hydrogen) atoms. The highest BCUT2D eigenvalue weighted by Crippen LogP contribution is 2.42. The van der Waals surface area contributed by atoms with Crippen LogP contribution in [-0.2, 0) is 9.53 Å². The van der Waals surface area contributed by atoms with Crippen molar-refractivity contribution in [1.29, 1.82) is 0 Å². The Labute approximate surface area is 171 Å². The third-order valence-corrected chi connectivity index (χ3v) is 6.75. The molecule has 1 aromatic carbocycles. The van der Waals surface area contributed by atoms with E-state index in [9.17, 15) is 9.18 Å². The Hall–Kier alpha value is -0.880. The maximum Gasteiger partial charge on any atom is 0.225 e. The molecule has 2 bridgehead atoms. The third kappa shape index (κ3) is 4.26. The molecule has 150 valence electrons.